The summed E-state index contributed by atoms with van der Waals surface area (Å²) in [6.45, 7) is 0.671. The van der Waals surface area contributed by atoms with Crippen LogP contribution in [0, 0.1) is 0 Å². The van der Waals surface area contributed by atoms with Crippen LogP contribution in [0.1, 0.15) is 29.8 Å². The van der Waals surface area contributed by atoms with Gasteiger partial charge in [-0.1, -0.05) is 22.4 Å². The lowest BCUT2D eigenvalue weighted by Gasteiger charge is -2.01. The van der Waals surface area contributed by atoms with E-state index in [-0.39, 0.29) is 16.9 Å². The number of carbonyl (C=O) groups excluding carboxylic acids is 1. The Bertz CT molecular complexity index is 314. The van der Waals surface area contributed by atoms with Crippen molar-refractivity contribution in [1.82, 2.24) is 5.32 Å². The number of nitrogens with one attached hydrogen (secondary N) is 1. The molecule has 84 valence electrons. The molecule has 0 aromatic carbocycles. The van der Waals surface area contributed by atoms with Crippen molar-refractivity contribution < 1.29 is 9.21 Å². The van der Waals surface area contributed by atoms with E-state index in [2.05, 4.69) is 21.2 Å². The Morgan fingerprint density at radius 2 is 2.20 bits per heavy atom. The predicted octanol–water partition coefficient (Wildman–Crippen LogP) is 3.23. The molecule has 0 unspecified atom stereocenters. The number of carbonyl (C=O) groups is 1. The highest BCUT2D eigenvalue weighted by Crippen LogP contribution is 2.12. The topological polar surface area (TPSA) is 42.2 Å². The fraction of sp³-hybridized carbons (Fsp3) is 0.500. The first-order valence-corrected chi connectivity index (χ1v) is 6.33. The van der Waals surface area contributed by atoms with E-state index in [0.717, 1.165) is 24.6 Å². The van der Waals surface area contributed by atoms with Gasteiger partial charge in [0.1, 0.15) is 0 Å². The molecule has 1 aromatic heterocycles. The van der Waals surface area contributed by atoms with Gasteiger partial charge in [-0.05, 0) is 36.6 Å². The zero-order valence-electron chi connectivity index (χ0n) is 8.26. The summed E-state index contributed by atoms with van der Waals surface area (Å²) in [6, 6.07) is 3.12. The SMILES string of the molecule is O=C(NCCCCCBr)c1ccc(Cl)o1. The highest BCUT2D eigenvalue weighted by Gasteiger charge is 2.08. The second-order valence-electron chi connectivity index (χ2n) is 3.11. The van der Waals surface area contributed by atoms with Gasteiger partial charge < -0.3 is 9.73 Å². The van der Waals surface area contributed by atoms with E-state index in [1.165, 1.54) is 0 Å². The van der Waals surface area contributed by atoms with Gasteiger partial charge in [0.05, 0.1) is 0 Å². The molecule has 1 aromatic rings. The maximum absolute atomic E-state index is 11.4. The number of furan rings is 1. The van der Waals surface area contributed by atoms with Gasteiger partial charge in [-0.15, -0.1) is 0 Å². The second-order valence-corrected chi connectivity index (χ2v) is 4.27. The molecule has 0 spiro atoms. The lowest BCUT2D eigenvalue weighted by molar-refractivity contribution is 0.0925. The smallest absolute Gasteiger partial charge is 0.287 e. The molecule has 1 heterocycles. The molecule has 3 nitrogen and oxygen atoms in total. The lowest BCUT2D eigenvalue weighted by atomic mass is 10.2. The van der Waals surface area contributed by atoms with E-state index in [1.54, 1.807) is 12.1 Å². The van der Waals surface area contributed by atoms with Crippen molar-refractivity contribution in [3.05, 3.63) is 23.1 Å². The Morgan fingerprint density at radius 3 is 2.80 bits per heavy atom. The van der Waals surface area contributed by atoms with Crippen LogP contribution in [-0.2, 0) is 0 Å². The van der Waals surface area contributed by atoms with Gasteiger partial charge in [-0.25, -0.2) is 0 Å². The molecule has 0 radical (unpaired) electrons. The molecule has 1 amide bonds. The van der Waals surface area contributed by atoms with Crippen molar-refractivity contribution in [3.63, 3.8) is 0 Å². The van der Waals surface area contributed by atoms with Crippen molar-refractivity contribution in [2.45, 2.75) is 19.3 Å². The van der Waals surface area contributed by atoms with E-state index in [1.807, 2.05) is 0 Å². The lowest BCUT2D eigenvalue weighted by Crippen LogP contribution is -2.23. The average Bonchev–Trinajstić information content (AvgIpc) is 2.64. The first kappa shape index (κ1) is 12.6. The van der Waals surface area contributed by atoms with Gasteiger partial charge in [0.15, 0.2) is 11.0 Å². The number of halogens is 2. The summed E-state index contributed by atoms with van der Waals surface area (Å²) >= 11 is 8.91. The number of alkyl halides is 1. The minimum absolute atomic E-state index is 0.208. The monoisotopic (exact) mass is 293 g/mol. The van der Waals surface area contributed by atoms with E-state index in [9.17, 15) is 4.79 Å². The minimum Gasteiger partial charge on any atom is -0.440 e. The Labute approximate surface area is 102 Å². The third-order valence-corrected chi connectivity index (χ3v) is 2.66. The quantitative estimate of drug-likeness (QED) is 0.646. The van der Waals surface area contributed by atoms with E-state index >= 15 is 0 Å². The summed E-state index contributed by atoms with van der Waals surface area (Å²) in [5.74, 6) is 0.0567. The normalized spacial score (nSPS) is 10.3. The summed E-state index contributed by atoms with van der Waals surface area (Å²) in [5, 5.41) is 4.01. The Balaban J connectivity index is 2.19. The number of unbranched alkanes of at least 4 members (excludes halogenated alkanes) is 2. The molecule has 0 aliphatic carbocycles. The minimum atomic E-state index is -0.208. The molecule has 0 saturated carbocycles. The van der Waals surface area contributed by atoms with Gasteiger partial charge in [0.2, 0.25) is 0 Å². The molecule has 15 heavy (non-hydrogen) atoms. The largest absolute Gasteiger partial charge is 0.440 e. The first-order chi connectivity index (χ1) is 7.24. The van der Waals surface area contributed by atoms with Crippen LogP contribution in [0.2, 0.25) is 5.22 Å². The van der Waals surface area contributed by atoms with Crippen LogP contribution in [0.3, 0.4) is 0 Å². The maximum atomic E-state index is 11.4. The molecule has 0 aliphatic rings. The average molecular weight is 295 g/mol. The van der Waals surface area contributed by atoms with Crippen LogP contribution in [-0.4, -0.2) is 17.8 Å². The first-order valence-electron chi connectivity index (χ1n) is 4.83. The number of amides is 1. The number of rotatable bonds is 6. The molecule has 0 bridgehead atoms. The number of hydrogen-bond donors (Lipinski definition) is 1. The van der Waals surface area contributed by atoms with Gasteiger partial charge in [-0.3, -0.25) is 4.79 Å². The van der Waals surface area contributed by atoms with Crippen LogP contribution < -0.4 is 5.32 Å². The molecule has 0 aliphatic heterocycles. The van der Waals surface area contributed by atoms with Gasteiger partial charge in [0.25, 0.3) is 5.91 Å². The van der Waals surface area contributed by atoms with E-state index in [4.69, 9.17) is 16.0 Å². The van der Waals surface area contributed by atoms with Crippen molar-refractivity contribution >= 4 is 33.4 Å². The third-order valence-electron chi connectivity index (χ3n) is 1.89. The molecule has 0 fully saturated rings. The highest BCUT2D eigenvalue weighted by molar-refractivity contribution is 9.09. The molecule has 1 N–H and O–H groups in total. The summed E-state index contributed by atoms with van der Waals surface area (Å²) in [5.41, 5.74) is 0. The van der Waals surface area contributed by atoms with E-state index in [0.29, 0.717) is 6.54 Å². The van der Waals surface area contributed by atoms with Crippen LogP contribution in [0.15, 0.2) is 16.5 Å². The Kier molecular flexibility index (Phi) is 5.79. The van der Waals surface area contributed by atoms with Crippen molar-refractivity contribution in [2.24, 2.45) is 0 Å². The second kappa shape index (κ2) is 6.90. The van der Waals surface area contributed by atoms with Gasteiger partial charge in [0, 0.05) is 11.9 Å². The predicted molar refractivity (Wildman–Crippen MR) is 63.7 cm³/mol. The Hall–Kier alpha value is -0.480. The van der Waals surface area contributed by atoms with Gasteiger partial charge in [-0.2, -0.15) is 0 Å². The van der Waals surface area contributed by atoms with Crippen molar-refractivity contribution in [3.8, 4) is 0 Å². The maximum Gasteiger partial charge on any atom is 0.287 e. The van der Waals surface area contributed by atoms with Crippen LogP contribution in [0.4, 0.5) is 0 Å². The summed E-state index contributed by atoms with van der Waals surface area (Å²) in [7, 11) is 0. The molecule has 0 saturated heterocycles. The van der Waals surface area contributed by atoms with Gasteiger partial charge >= 0.3 is 0 Å². The third kappa shape index (κ3) is 4.71. The summed E-state index contributed by atoms with van der Waals surface area (Å²) in [6.07, 6.45) is 3.21. The molecule has 0 atom stereocenters. The van der Waals surface area contributed by atoms with Crippen molar-refractivity contribution in [1.29, 1.82) is 0 Å². The highest BCUT2D eigenvalue weighted by atomic mass is 79.9. The fourth-order valence-corrected chi connectivity index (χ4v) is 1.66. The Morgan fingerprint density at radius 1 is 1.40 bits per heavy atom. The zero-order valence-corrected chi connectivity index (χ0v) is 10.6. The number of hydrogen-bond acceptors (Lipinski definition) is 2. The molecule has 1 rings (SSSR count). The zero-order chi connectivity index (χ0) is 11.1. The molecular formula is C10H13BrClNO2. The van der Waals surface area contributed by atoms with Crippen molar-refractivity contribution in [2.75, 3.05) is 11.9 Å². The van der Waals surface area contributed by atoms with Crippen LogP contribution in [0.25, 0.3) is 0 Å². The van der Waals surface area contributed by atoms with Crippen LogP contribution >= 0.6 is 27.5 Å². The summed E-state index contributed by atoms with van der Waals surface area (Å²) in [4.78, 5) is 11.4. The van der Waals surface area contributed by atoms with E-state index < -0.39 is 0 Å². The molecular weight excluding hydrogens is 281 g/mol. The summed E-state index contributed by atoms with van der Waals surface area (Å²) < 4.78 is 4.97. The standard InChI is InChI=1S/C10H13BrClNO2/c11-6-2-1-3-7-13-10(14)8-4-5-9(12)15-8/h4-5H,1-3,6-7H2,(H,13,14). The fourth-order valence-electron chi connectivity index (χ4n) is 1.12. The molecule has 5 heteroatoms. The van der Waals surface area contributed by atoms with Crippen LogP contribution in [0.5, 0.6) is 0 Å².